The van der Waals surface area contributed by atoms with Crippen molar-refractivity contribution in [3.05, 3.63) is 78.9 Å². The minimum Gasteiger partial charge on any atom is -0.358 e. The van der Waals surface area contributed by atoms with Gasteiger partial charge in [-0.05, 0) is 42.7 Å². The minimum absolute atomic E-state index is 1.39. The summed E-state index contributed by atoms with van der Waals surface area (Å²) in [6.45, 7) is 0. The number of thioether (sulfide) groups is 1. The summed E-state index contributed by atoms with van der Waals surface area (Å²) in [6.07, 6.45) is 4.69. The van der Waals surface area contributed by atoms with Crippen LogP contribution in [0, 0.1) is 0 Å². The molecule has 0 N–H and O–H groups in total. The van der Waals surface area contributed by atoms with E-state index in [0.29, 0.717) is 0 Å². The van der Waals surface area contributed by atoms with E-state index in [2.05, 4.69) is 91.4 Å². The molecule has 0 aromatic heterocycles. The second kappa shape index (κ2) is 6.40. The average molecular weight is 350 g/mol. The first-order valence-electron chi connectivity index (χ1n) is 7.55. The Morgan fingerprint density at radius 3 is 2.22 bits per heavy atom. The van der Waals surface area contributed by atoms with Crippen molar-refractivity contribution in [2.45, 2.75) is 9.79 Å². The quantitative estimate of drug-likeness (QED) is 0.392. The van der Waals surface area contributed by atoms with Crippen molar-refractivity contribution >= 4 is 52.7 Å². The summed E-state index contributed by atoms with van der Waals surface area (Å²) in [5.74, 6) is 0. The van der Waals surface area contributed by atoms with Crippen molar-refractivity contribution in [1.82, 2.24) is 0 Å². The molecule has 1 unspecified atom stereocenters. The predicted octanol–water partition coefficient (Wildman–Crippen LogP) is 4.34. The highest BCUT2D eigenvalue weighted by Crippen LogP contribution is 2.63. The predicted molar refractivity (Wildman–Crippen MR) is 109 cm³/mol. The van der Waals surface area contributed by atoms with Crippen LogP contribution >= 0.6 is 30.5 Å². The number of benzene rings is 3. The Morgan fingerprint density at radius 1 is 0.783 bits per heavy atom. The number of hydrogen-bond donors (Lipinski definition) is 0. The Morgan fingerprint density at radius 2 is 1.43 bits per heavy atom. The highest BCUT2D eigenvalue weighted by Gasteiger charge is 2.41. The first-order valence-corrected chi connectivity index (χ1v) is 11.5. The normalized spacial score (nSPS) is 19.5. The lowest BCUT2D eigenvalue weighted by Gasteiger charge is -2.34. The van der Waals surface area contributed by atoms with E-state index in [4.69, 9.17) is 0 Å². The van der Waals surface area contributed by atoms with E-state index >= 15 is 0 Å². The van der Waals surface area contributed by atoms with E-state index in [1.165, 1.54) is 25.7 Å². The van der Waals surface area contributed by atoms with E-state index in [-0.39, 0.29) is 0 Å². The molecule has 0 spiro atoms. The molecule has 1 atom stereocenters. The Kier molecular flexibility index (Phi) is 4.28. The van der Waals surface area contributed by atoms with E-state index in [1.54, 1.807) is 0 Å². The van der Waals surface area contributed by atoms with Gasteiger partial charge in [0.15, 0.2) is 0 Å². The highest BCUT2D eigenvalue weighted by atomic mass is 32.2. The molecule has 3 aromatic carbocycles. The third kappa shape index (κ3) is 2.46. The van der Waals surface area contributed by atoms with Gasteiger partial charge in [0.05, 0.1) is 15.9 Å². The Labute approximate surface area is 147 Å². The minimum atomic E-state index is -1.68. The third-order valence-corrected chi connectivity index (χ3v) is 11.0. The molecule has 0 saturated carbocycles. The molecule has 0 aliphatic carbocycles. The first kappa shape index (κ1) is 15.4. The molecule has 1 aliphatic rings. The van der Waals surface area contributed by atoms with Gasteiger partial charge < -0.3 is 11.6 Å². The average Bonchev–Trinajstić information content (AvgIpc) is 3.03. The largest absolute Gasteiger partial charge is 0.358 e. The zero-order valence-corrected chi connectivity index (χ0v) is 15.4. The van der Waals surface area contributed by atoms with Gasteiger partial charge in [0, 0.05) is 16.1 Å². The smallest absolute Gasteiger partial charge is 0.0690 e. The fraction of sp³-hybridized carbons (Fsp3) is 0.0526. The lowest BCUT2D eigenvalue weighted by molar-refractivity contribution is 1.51. The van der Waals surface area contributed by atoms with Crippen LogP contribution < -0.4 is 15.9 Å². The van der Waals surface area contributed by atoms with Gasteiger partial charge >= 0.3 is 0 Å². The lowest BCUT2D eigenvalue weighted by Crippen LogP contribution is -2.32. The van der Waals surface area contributed by atoms with Crippen LogP contribution in [0.1, 0.15) is 0 Å². The fourth-order valence-corrected chi connectivity index (χ4v) is 10.7. The second-order valence-electron chi connectivity index (χ2n) is 5.42. The van der Waals surface area contributed by atoms with E-state index in [1.807, 2.05) is 23.4 Å². The summed E-state index contributed by atoms with van der Waals surface area (Å²) in [4.78, 5) is 2.79. The maximum Gasteiger partial charge on any atom is 0.0690 e. The number of hydrogen-bond acceptors (Lipinski definition) is 2. The summed E-state index contributed by atoms with van der Waals surface area (Å²) in [6, 6.07) is 28.8. The van der Waals surface area contributed by atoms with Gasteiger partial charge in [-0.3, -0.25) is 0 Å². The van der Waals surface area contributed by atoms with Crippen molar-refractivity contribution in [2.75, 3.05) is 6.26 Å². The fourth-order valence-electron chi connectivity index (χ4n) is 3.15. The monoisotopic (exact) mass is 350 g/mol. The summed E-state index contributed by atoms with van der Waals surface area (Å²) in [5, 5.41) is 4.42. The van der Waals surface area contributed by atoms with Crippen molar-refractivity contribution in [3.8, 4) is 0 Å². The standard InChI is InChI=1S/C19H16BPS2/c1-22-18-13-7-5-11-16(18)21(15-9-3-2-4-10-15)17-12-6-8-14-19(17)23-20-21/h2-14H,1H3. The molecule has 112 valence electrons. The summed E-state index contributed by atoms with van der Waals surface area (Å²) < 4.78 is 0. The van der Waals surface area contributed by atoms with Crippen LogP contribution in [0.5, 0.6) is 0 Å². The van der Waals surface area contributed by atoms with Crippen molar-refractivity contribution < 1.29 is 0 Å². The van der Waals surface area contributed by atoms with Gasteiger partial charge in [0.2, 0.25) is 0 Å². The number of fused-ring (bicyclic) bond motifs is 1. The van der Waals surface area contributed by atoms with Gasteiger partial charge in [-0.1, -0.05) is 49.6 Å². The van der Waals surface area contributed by atoms with Gasteiger partial charge in [-0.25, -0.2) is 0 Å². The SMILES string of the molecule is CSc1ccccc1[P+]1(c2ccccc2)[B-]Sc2ccccc21. The molecule has 2 radical (unpaired) electrons. The van der Waals surface area contributed by atoms with Gasteiger partial charge in [0.25, 0.3) is 0 Å². The molecule has 1 heterocycles. The molecular formula is C19H16BPS2. The van der Waals surface area contributed by atoms with Crippen LogP contribution in [0.25, 0.3) is 0 Å². The van der Waals surface area contributed by atoms with Gasteiger partial charge in [0.1, 0.15) is 0 Å². The molecule has 0 bridgehead atoms. The van der Waals surface area contributed by atoms with Gasteiger partial charge in [-0.15, -0.1) is 11.8 Å². The molecule has 0 saturated heterocycles. The topological polar surface area (TPSA) is 0 Å². The molecule has 0 fully saturated rings. The molecular weight excluding hydrogens is 334 g/mol. The van der Waals surface area contributed by atoms with Gasteiger partial charge in [-0.2, -0.15) is 0 Å². The third-order valence-electron chi connectivity index (χ3n) is 4.21. The van der Waals surface area contributed by atoms with Crippen LogP contribution in [-0.2, 0) is 0 Å². The number of rotatable bonds is 3. The summed E-state index contributed by atoms with van der Waals surface area (Å²) in [5.41, 5.74) is 0. The van der Waals surface area contributed by atoms with E-state index in [9.17, 15) is 0 Å². The van der Waals surface area contributed by atoms with E-state index < -0.39 is 7.14 Å². The molecule has 0 amide bonds. The summed E-state index contributed by atoms with van der Waals surface area (Å²) in [7, 11) is -1.68. The zero-order valence-electron chi connectivity index (χ0n) is 12.8. The van der Waals surface area contributed by atoms with Crippen LogP contribution in [0.15, 0.2) is 88.7 Å². The first-order chi connectivity index (χ1) is 11.4. The molecule has 3 aromatic rings. The van der Waals surface area contributed by atoms with Crippen LogP contribution in [-0.4, -0.2) is 12.5 Å². The van der Waals surface area contributed by atoms with Crippen LogP contribution in [0.2, 0.25) is 0 Å². The Balaban J connectivity index is 2.05. The Hall–Kier alpha value is -1.15. The van der Waals surface area contributed by atoms with Crippen molar-refractivity contribution in [1.29, 1.82) is 0 Å². The lowest BCUT2D eigenvalue weighted by atomic mass is 10.3. The maximum absolute atomic E-state index is 2.52. The molecule has 4 rings (SSSR count). The Bertz CT molecular complexity index is 838. The summed E-state index contributed by atoms with van der Waals surface area (Å²) >= 11 is 3.75. The maximum atomic E-state index is 2.52. The van der Waals surface area contributed by atoms with E-state index in [0.717, 1.165) is 0 Å². The molecule has 0 nitrogen and oxygen atoms in total. The van der Waals surface area contributed by atoms with Crippen molar-refractivity contribution in [3.63, 3.8) is 0 Å². The van der Waals surface area contributed by atoms with Crippen LogP contribution in [0.3, 0.4) is 0 Å². The zero-order chi connectivity index (χ0) is 15.7. The van der Waals surface area contributed by atoms with Crippen LogP contribution in [0.4, 0.5) is 0 Å². The second-order valence-corrected chi connectivity index (χ2v) is 10.7. The molecule has 4 heteroatoms. The molecule has 1 aliphatic heterocycles. The molecule has 23 heavy (non-hydrogen) atoms. The van der Waals surface area contributed by atoms with Crippen molar-refractivity contribution in [2.24, 2.45) is 0 Å². The highest BCUT2D eigenvalue weighted by molar-refractivity contribution is 8.48.